The van der Waals surface area contributed by atoms with Crippen LogP contribution in [0.5, 0.6) is 11.5 Å². The van der Waals surface area contributed by atoms with Crippen LogP contribution in [0.15, 0.2) is 173 Å². The van der Waals surface area contributed by atoms with Gasteiger partial charge in [-0.2, -0.15) is 0 Å². The zero-order valence-corrected chi connectivity index (χ0v) is 30.1. The number of fused-ring (bicyclic) bond motifs is 11. The first-order valence-electron chi connectivity index (χ1n) is 19.0. The monoisotopic (exact) mass is 706 g/mol. The van der Waals surface area contributed by atoms with Crippen LogP contribution in [0, 0.1) is 0 Å². The van der Waals surface area contributed by atoms with Crippen LogP contribution in [-0.2, 0) is 6.54 Å². The molecule has 0 N–H and O–H groups in total. The minimum atomic E-state index is -0.179. The van der Waals surface area contributed by atoms with Crippen LogP contribution in [0.4, 0.5) is 17.1 Å². The summed E-state index contributed by atoms with van der Waals surface area (Å²) < 4.78 is 22.8. The zero-order valence-electron chi connectivity index (χ0n) is 30.1. The maximum atomic E-state index is 7.04. The predicted octanol–water partition coefficient (Wildman–Crippen LogP) is 8.23. The SMILES string of the molecule is CCn1c2ccccc2c2ccc(B3c4oc5ccccc5c4B(c4ccc(N5c6ccccc6Oc6ccccc65)cc4)c4oc5ccccc5c43)cc21. The highest BCUT2D eigenvalue weighted by Crippen LogP contribution is 2.49. The minimum absolute atomic E-state index is 0.161. The van der Waals surface area contributed by atoms with Crippen LogP contribution in [0.3, 0.4) is 0 Å². The van der Waals surface area contributed by atoms with Gasteiger partial charge in [-0.05, 0) is 78.5 Å². The lowest BCUT2D eigenvalue weighted by Crippen LogP contribution is -2.73. The molecule has 5 heterocycles. The molecular formula is C48H32B2N2O3. The van der Waals surface area contributed by atoms with Crippen molar-refractivity contribution in [3.63, 3.8) is 0 Å². The van der Waals surface area contributed by atoms with Crippen molar-refractivity contribution < 1.29 is 13.6 Å². The maximum absolute atomic E-state index is 7.04. The average molecular weight is 706 g/mol. The van der Waals surface area contributed by atoms with E-state index in [0.29, 0.717) is 0 Å². The number of hydrogen-bond donors (Lipinski definition) is 0. The third kappa shape index (κ3) is 4.32. The van der Waals surface area contributed by atoms with Gasteiger partial charge in [0.25, 0.3) is 13.4 Å². The number of furan rings is 2. The van der Waals surface area contributed by atoms with E-state index >= 15 is 0 Å². The van der Waals surface area contributed by atoms with E-state index in [-0.39, 0.29) is 13.4 Å². The van der Waals surface area contributed by atoms with E-state index in [1.54, 1.807) is 0 Å². The zero-order chi connectivity index (χ0) is 36.2. The molecule has 10 aromatic rings. The Bertz CT molecular complexity index is 3110. The third-order valence-electron chi connectivity index (χ3n) is 11.8. The molecule has 12 rings (SSSR count). The Morgan fingerprint density at radius 2 is 0.982 bits per heavy atom. The molecule has 5 nitrogen and oxygen atoms in total. The van der Waals surface area contributed by atoms with Crippen molar-refractivity contribution in [2.45, 2.75) is 13.5 Å². The van der Waals surface area contributed by atoms with E-state index in [4.69, 9.17) is 13.6 Å². The second kappa shape index (κ2) is 11.6. The molecule has 2 aliphatic heterocycles. The van der Waals surface area contributed by atoms with Crippen LogP contribution >= 0.6 is 0 Å². The van der Waals surface area contributed by atoms with Crippen LogP contribution in [0.2, 0.25) is 0 Å². The Morgan fingerprint density at radius 1 is 0.473 bits per heavy atom. The smallest absolute Gasteiger partial charge is 0.290 e. The summed E-state index contributed by atoms with van der Waals surface area (Å²) in [7, 11) is 0. The van der Waals surface area contributed by atoms with Gasteiger partial charge in [0.05, 0.1) is 22.7 Å². The summed E-state index contributed by atoms with van der Waals surface area (Å²) in [6.07, 6.45) is 0. The van der Waals surface area contributed by atoms with Gasteiger partial charge in [-0.15, -0.1) is 0 Å². The van der Waals surface area contributed by atoms with E-state index in [1.165, 1.54) is 32.7 Å². The molecule has 7 heteroatoms. The lowest BCUT2D eigenvalue weighted by Gasteiger charge is -2.33. The first-order chi connectivity index (χ1) is 27.2. The highest BCUT2D eigenvalue weighted by atomic mass is 16.5. The number of para-hydroxylation sites is 7. The normalized spacial score (nSPS) is 13.3. The van der Waals surface area contributed by atoms with Gasteiger partial charge in [0.2, 0.25) is 0 Å². The highest BCUT2D eigenvalue weighted by Gasteiger charge is 2.46. The van der Waals surface area contributed by atoms with Crippen molar-refractivity contribution in [1.82, 2.24) is 4.57 Å². The number of nitrogens with zero attached hydrogens (tertiary/aromatic N) is 2. The highest BCUT2D eigenvalue weighted by molar-refractivity contribution is 7.12. The Hall–Kier alpha value is -6.85. The van der Waals surface area contributed by atoms with Crippen LogP contribution in [0.25, 0.3) is 43.7 Å². The Balaban J connectivity index is 1.08. The third-order valence-corrected chi connectivity index (χ3v) is 11.8. The predicted molar refractivity (Wildman–Crippen MR) is 228 cm³/mol. The first kappa shape index (κ1) is 30.6. The quantitative estimate of drug-likeness (QED) is 0.173. The molecule has 7 aromatic carbocycles. The maximum Gasteiger partial charge on any atom is 0.290 e. The standard InChI is InChI=1S/C48H32B2N2O3/c1-2-51-37-16-6-3-13-33(37)34-28-25-31(29-40(34)51)50-46-36-15-5-10-20-42(36)54-47(46)49(45-35-14-4-9-19-41(35)55-48(45)50)30-23-26-32(27-24-30)52-38-17-7-11-21-43(38)53-44-22-12-8-18-39(44)52/h3-29H,2H2,1H3. The number of ether oxygens (including phenoxy) is 1. The van der Waals surface area contributed by atoms with Crippen molar-refractivity contribution in [1.29, 1.82) is 0 Å². The van der Waals surface area contributed by atoms with Gasteiger partial charge in [0, 0.05) is 44.8 Å². The van der Waals surface area contributed by atoms with Gasteiger partial charge >= 0.3 is 0 Å². The summed E-state index contributed by atoms with van der Waals surface area (Å²) >= 11 is 0. The second-order valence-corrected chi connectivity index (χ2v) is 14.6. The Morgan fingerprint density at radius 3 is 1.62 bits per heavy atom. The molecule has 0 bridgehead atoms. The van der Waals surface area contributed by atoms with E-state index in [9.17, 15) is 0 Å². The van der Waals surface area contributed by atoms with Crippen molar-refractivity contribution in [3.8, 4) is 11.5 Å². The van der Waals surface area contributed by atoms with Crippen molar-refractivity contribution in [3.05, 3.63) is 164 Å². The molecule has 0 fully saturated rings. The molecule has 0 amide bonds. The molecule has 55 heavy (non-hydrogen) atoms. The molecule has 3 aromatic heterocycles. The lowest BCUT2D eigenvalue weighted by molar-refractivity contribution is 0.477. The fourth-order valence-corrected chi connectivity index (χ4v) is 9.48. The summed E-state index contributed by atoms with van der Waals surface area (Å²) in [5, 5.41) is 4.78. The number of rotatable bonds is 4. The van der Waals surface area contributed by atoms with E-state index in [2.05, 4.69) is 156 Å². The summed E-state index contributed by atoms with van der Waals surface area (Å²) in [5.41, 5.74) is 14.0. The van der Waals surface area contributed by atoms with Crippen molar-refractivity contribution in [2.24, 2.45) is 0 Å². The summed E-state index contributed by atoms with van der Waals surface area (Å²) in [5.74, 6) is 1.67. The summed E-state index contributed by atoms with van der Waals surface area (Å²) in [6, 6.07) is 58.1. The number of hydrogen-bond acceptors (Lipinski definition) is 4. The fourth-order valence-electron chi connectivity index (χ4n) is 9.48. The number of aromatic nitrogens is 1. The van der Waals surface area contributed by atoms with Gasteiger partial charge in [-0.25, -0.2) is 0 Å². The van der Waals surface area contributed by atoms with Crippen molar-refractivity contribution in [2.75, 3.05) is 4.90 Å². The van der Waals surface area contributed by atoms with E-state index in [0.717, 1.165) is 79.3 Å². The number of benzene rings is 7. The fraction of sp³-hybridized carbons (Fsp3) is 0.0417. The second-order valence-electron chi connectivity index (χ2n) is 14.6. The molecule has 0 saturated heterocycles. The van der Waals surface area contributed by atoms with Crippen LogP contribution < -0.4 is 42.8 Å². The minimum Gasteiger partial charge on any atom is -0.471 e. The molecule has 0 atom stereocenters. The molecule has 0 saturated carbocycles. The van der Waals surface area contributed by atoms with Gasteiger partial charge < -0.3 is 23.0 Å². The van der Waals surface area contributed by atoms with E-state index < -0.39 is 0 Å². The average Bonchev–Trinajstić information content (AvgIpc) is 3.91. The largest absolute Gasteiger partial charge is 0.471 e. The molecule has 258 valence electrons. The van der Waals surface area contributed by atoms with Gasteiger partial charge in [-0.1, -0.05) is 114 Å². The Kier molecular flexibility index (Phi) is 6.44. The lowest BCUT2D eigenvalue weighted by atomic mass is 9.24. The summed E-state index contributed by atoms with van der Waals surface area (Å²) in [4.78, 5) is 2.28. The molecule has 0 aliphatic carbocycles. The van der Waals surface area contributed by atoms with Crippen LogP contribution in [0.1, 0.15) is 6.92 Å². The number of aryl methyl sites for hydroxylation is 1. The molecule has 2 aliphatic rings. The molecule has 0 unspecified atom stereocenters. The van der Waals surface area contributed by atoms with Crippen LogP contribution in [-0.4, -0.2) is 18.0 Å². The summed E-state index contributed by atoms with van der Waals surface area (Å²) in [6.45, 7) is 2.77. The van der Waals surface area contributed by atoms with E-state index in [1.807, 2.05) is 24.3 Å². The molecule has 0 radical (unpaired) electrons. The van der Waals surface area contributed by atoms with Gasteiger partial charge in [-0.3, -0.25) is 0 Å². The topological polar surface area (TPSA) is 43.7 Å². The van der Waals surface area contributed by atoms with Gasteiger partial charge in [0.1, 0.15) is 11.2 Å². The Labute approximate surface area is 318 Å². The van der Waals surface area contributed by atoms with Gasteiger partial charge in [0.15, 0.2) is 11.5 Å². The molecule has 0 spiro atoms. The van der Waals surface area contributed by atoms with Crippen molar-refractivity contribution >= 4 is 107 Å². The molecular weight excluding hydrogens is 674 g/mol. The number of anilines is 3. The first-order valence-corrected chi connectivity index (χ1v) is 19.0.